The van der Waals surface area contributed by atoms with E-state index in [0.29, 0.717) is 19.4 Å². The van der Waals surface area contributed by atoms with Gasteiger partial charge in [-0.25, -0.2) is 0 Å². The summed E-state index contributed by atoms with van der Waals surface area (Å²) in [5, 5.41) is 2.95. The number of alkyl halides is 3. The SMILES string of the molecule is CCN1CCCCC1C(=O)NCC1CCN(C(=O)C(F)(F)F)CC1. The van der Waals surface area contributed by atoms with E-state index in [1.54, 1.807) is 0 Å². The van der Waals surface area contributed by atoms with Crippen LogP contribution in [0.5, 0.6) is 0 Å². The standard InChI is InChI=1S/C16H26F3N3O2/c1-2-21-8-4-3-5-13(21)14(23)20-11-12-6-9-22(10-7-12)15(24)16(17,18)19/h12-13H,2-11H2,1H3,(H,20,23). The van der Waals surface area contributed by atoms with Crippen molar-refractivity contribution in [2.24, 2.45) is 5.92 Å². The van der Waals surface area contributed by atoms with Crippen LogP contribution in [0.2, 0.25) is 0 Å². The summed E-state index contributed by atoms with van der Waals surface area (Å²) in [6.07, 6.45) is -0.797. The van der Waals surface area contributed by atoms with Gasteiger partial charge < -0.3 is 10.2 Å². The zero-order chi connectivity index (χ0) is 17.7. The van der Waals surface area contributed by atoms with Gasteiger partial charge in [0.15, 0.2) is 0 Å². The fourth-order valence-corrected chi connectivity index (χ4v) is 3.55. The predicted molar refractivity (Wildman–Crippen MR) is 83.3 cm³/mol. The Hall–Kier alpha value is -1.31. The lowest BCUT2D eigenvalue weighted by Crippen LogP contribution is -2.51. The fourth-order valence-electron chi connectivity index (χ4n) is 3.55. The number of amides is 2. The number of hydrogen-bond acceptors (Lipinski definition) is 3. The highest BCUT2D eigenvalue weighted by Crippen LogP contribution is 2.24. The van der Waals surface area contributed by atoms with Crippen molar-refractivity contribution in [1.82, 2.24) is 15.1 Å². The Morgan fingerprint density at radius 1 is 1.08 bits per heavy atom. The average Bonchev–Trinajstić information content (AvgIpc) is 2.58. The van der Waals surface area contributed by atoms with E-state index in [2.05, 4.69) is 10.2 Å². The maximum atomic E-state index is 12.4. The number of carbonyl (C=O) groups excluding carboxylic acids is 2. The quantitative estimate of drug-likeness (QED) is 0.842. The first-order valence-corrected chi connectivity index (χ1v) is 8.70. The summed E-state index contributed by atoms with van der Waals surface area (Å²) < 4.78 is 37.2. The summed E-state index contributed by atoms with van der Waals surface area (Å²) in [4.78, 5) is 26.6. The van der Waals surface area contributed by atoms with Crippen molar-refractivity contribution in [1.29, 1.82) is 0 Å². The molecule has 2 heterocycles. The number of hydrogen-bond donors (Lipinski definition) is 1. The van der Waals surface area contributed by atoms with E-state index >= 15 is 0 Å². The van der Waals surface area contributed by atoms with Crippen molar-refractivity contribution in [3.05, 3.63) is 0 Å². The van der Waals surface area contributed by atoms with Gasteiger partial charge in [-0.1, -0.05) is 13.3 Å². The van der Waals surface area contributed by atoms with Crippen LogP contribution in [0.15, 0.2) is 0 Å². The first kappa shape index (κ1) is 19.0. The van der Waals surface area contributed by atoms with Crippen molar-refractivity contribution >= 4 is 11.8 Å². The number of likely N-dealkylation sites (N-methyl/N-ethyl adjacent to an activating group) is 1. The number of carbonyl (C=O) groups is 2. The molecule has 138 valence electrons. The second-order valence-corrected chi connectivity index (χ2v) is 6.62. The number of nitrogens with one attached hydrogen (secondary N) is 1. The molecule has 8 heteroatoms. The van der Waals surface area contributed by atoms with Crippen LogP contribution in [0, 0.1) is 5.92 Å². The number of piperidine rings is 2. The van der Waals surface area contributed by atoms with Crippen LogP contribution in [-0.4, -0.2) is 66.6 Å². The second kappa shape index (κ2) is 8.18. The molecule has 2 fully saturated rings. The first-order chi connectivity index (χ1) is 11.3. The fraction of sp³-hybridized carbons (Fsp3) is 0.875. The van der Waals surface area contributed by atoms with Gasteiger partial charge in [-0.2, -0.15) is 13.2 Å². The molecule has 0 radical (unpaired) electrons. The average molecular weight is 349 g/mol. The number of likely N-dealkylation sites (tertiary alicyclic amines) is 2. The number of rotatable bonds is 4. The Morgan fingerprint density at radius 3 is 2.33 bits per heavy atom. The predicted octanol–water partition coefficient (Wildman–Crippen LogP) is 1.78. The minimum atomic E-state index is -4.80. The topological polar surface area (TPSA) is 52.7 Å². The molecule has 5 nitrogen and oxygen atoms in total. The maximum absolute atomic E-state index is 12.4. The molecule has 1 N–H and O–H groups in total. The Balaban J connectivity index is 1.74. The minimum absolute atomic E-state index is 0.0188. The molecule has 0 aromatic carbocycles. The van der Waals surface area contributed by atoms with Crippen LogP contribution in [-0.2, 0) is 9.59 Å². The largest absolute Gasteiger partial charge is 0.471 e. The third-order valence-electron chi connectivity index (χ3n) is 5.03. The number of nitrogens with zero attached hydrogens (tertiary/aromatic N) is 2. The van der Waals surface area contributed by atoms with E-state index in [0.717, 1.165) is 37.3 Å². The highest BCUT2D eigenvalue weighted by molar-refractivity contribution is 5.82. The first-order valence-electron chi connectivity index (χ1n) is 8.70. The van der Waals surface area contributed by atoms with Crippen LogP contribution in [0.4, 0.5) is 13.2 Å². The van der Waals surface area contributed by atoms with Gasteiger partial charge in [-0.15, -0.1) is 0 Å². The van der Waals surface area contributed by atoms with E-state index in [-0.39, 0.29) is 31.0 Å². The molecule has 1 atom stereocenters. The summed E-state index contributed by atoms with van der Waals surface area (Å²) in [6, 6.07) is -0.0874. The van der Waals surface area contributed by atoms with E-state index in [9.17, 15) is 22.8 Å². The molecule has 2 saturated heterocycles. The lowest BCUT2D eigenvalue weighted by atomic mass is 9.96. The second-order valence-electron chi connectivity index (χ2n) is 6.62. The summed E-state index contributed by atoms with van der Waals surface area (Å²) in [5.74, 6) is -1.61. The molecule has 2 aliphatic heterocycles. The van der Waals surface area contributed by atoms with Crippen molar-refractivity contribution in [2.75, 3.05) is 32.7 Å². The third kappa shape index (κ3) is 4.84. The molecule has 1 unspecified atom stereocenters. The summed E-state index contributed by atoms with van der Waals surface area (Å²) >= 11 is 0. The highest BCUT2D eigenvalue weighted by Gasteiger charge is 2.43. The van der Waals surface area contributed by atoms with Gasteiger partial charge in [0.2, 0.25) is 5.91 Å². The normalized spacial score (nSPS) is 24.0. The summed E-state index contributed by atoms with van der Waals surface area (Å²) in [7, 11) is 0. The maximum Gasteiger partial charge on any atom is 0.471 e. The van der Waals surface area contributed by atoms with Crippen molar-refractivity contribution < 1.29 is 22.8 Å². The molecule has 0 aromatic heterocycles. The molecule has 2 amide bonds. The molecule has 0 aliphatic carbocycles. The summed E-state index contributed by atoms with van der Waals surface area (Å²) in [6.45, 7) is 4.50. The Labute approximate surface area is 140 Å². The molecule has 0 aromatic rings. The molecule has 2 aliphatic rings. The van der Waals surface area contributed by atoms with Crippen molar-refractivity contribution in [3.63, 3.8) is 0 Å². The van der Waals surface area contributed by atoms with Crippen LogP contribution >= 0.6 is 0 Å². The van der Waals surface area contributed by atoms with E-state index in [4.69, 9.17) is 0 Å². The van der Waals surface area contributed by atoms with Crippen molar-refractivity contribution in [3.8, 4) is 0 Å². The van der Waals surface area contributed by atoms with Crippen LogP contribution < -0.4 is 5.32 Å². The van der Waals surface area contributed by atoms with Crippen LogP contribution in [0.1, 0.15) is 39.0 Å². The summed E-state index contributed by atoms with van der Waals surface area (Å²) in [5.41, 5.74) is 0. The van der Waals surface area contributed by atoms with Gasteiger partial charge >= 0.3 is 12.1 Å². The van der Waals surface area contributed by atoms with Gasteiger partial charge in [-0.05, 0) is 44.7 Å². The number of halogens is 3. The molecule has 0 saturated carbocycles. The van der Waals surface area contributed by atoms with Crippen molar-refractivity contribution in [2.45, 2.75) is 51.2 Å². The molecule has 24 heavy (non-hydrogen) atoms. The van der Waals surface area contributed by atoms with E-state index < -0.39 is 12.1 Å². The van der Waals surface area contributed by atoms with Gasteiger partial charge in [0.1, 0.15) is 0 Å². The minimum Gasteiger partial charge on any atom is -0.354 e. The molecule has 0 spiro atoms. The third-order valence-corrected chi connectivity index (χ3v) is 5.03. The Bertz CT molecular complexity index is 448. The van der Waals surface area contributed by atoms with Crippen LogP contribution in [0.25, 0.3) is 0 Å². The smallest absolute Gasteiger partial charge is 0.354 e. The lowest BCUT2D eigenvalue weighted by molar-refractivity contribution is -0.186. The Kier molecular flexibility index (Phi) is 6.48. The molecular formula is C16H26F3N3O2. The van der Waals surface area contributed by atoms with E-state index in [1.807, 2.05) is 6.92 Å². The lowest BCUT2D eigenvalue weighted by Gasteiger charge is -2.35. The molecule has 0 bridgehead atoms. The van der Waals surface area contributed by atoms with Gasteiger partial charge in [0, 0.05) is 19.6 Å². The van der Waals surface area contributed by atoms with Crippen LogP contribution in [0.3, 0.4) is 0 Å². The van der Waals surface area contributed by atoms with E-state index in [1.165, 1.54) is 0 Å². The van der Waals surface area contributed by atoms with Gasteiger partial charge in [-0.3, -0.25) is 14.5 Å². The molecule has 2 rings (SSSR count). The van der Waals surface area contributed by atoms with Gasteiger partial charge in [0.25, 0.3) is 0 Å². The zero-order valence-electron chi connectivity index (χ0n) is 14.1. The Morgan fingerprint density at radius 2 is 1.75 bits per heavy atom. The monoisotopic (exact) mass is 349 g/mol. The van der Waals surface area contributed by atoms with Gasteiger partial charge in [0.05, 0.1) is 6.04 Å². The highest BCUT2D eigenvalue weighted by atomic mass is 19.4. The zero-order valence-corrected chi connectivity index (χ0v) is 14.1. The molecular weight excluding hydrogens is 323 g/mol.